The molecular weight excluding hydrogens is 408 g/mol. The molecule has 0 aliphatic carbocycles. The van der Waals surface area contributed by atoms with E-state index in [0.717, 1.165) is 9.13 Å². The third-order valence-corrected chi connectivity index (χ3v) is 3.73. The molecule has 0 saturated heterocycles. The zero-order chi connectivity index (χ0) is 17.0. The molecule has 2 aromatic rings. The Kier molecular flexibility index (Phi) is 5.62. The number of rotatable bonds is 3. The van der Waals surface area contributed by atoms with Crippen molar-refractivity contribution in [2.45, 2.75) is 32.9 Å². The molecule has 0 aliphatic rings. The minimum absolute atomic E-state index is 0.341. The van der Waals surface area contributed by atoms with E-state index in [4.69, 9.17) is 4.74 Å². The Morgan fingerprint density at radius 1 is 1.09 bits per heavy atom. The maximum atomic E-state index is 13.2. The number of anilines is 1. The molecule has 5 heteroatoms. The fraction of sp³-hybridized carbons (Fsp3) is 0.278. The van der Waals surface area contributed by atoms with Crippen LogP contribution in [0.4, 0.5) is 14.9 Å². The molecule has 0 unspecified atom stereocenters. The van der Waals surface area contributed by atoms with Gasteiger partial charge in [0, 0.05) is 9.26 Å². The van der Waals surface area contributed by atoms with Crippen LogP contribution in [0.1, 0.15) is 26.3 Å². The highest BCUT2D eigenvalue weighted by Gasteiger charge is 2.23. The Morgan fingerprint density at radius 2 is 1.65 bits per heavy atom. The Bertz CT molecular complexity index is 663. The third-order valence-electron chi connectivity index (χ3n) is 3.01. The summed E-state index contributed by atoms with van der Waals surface area (Å²) in [5, 5.41) is 0. The van der Waals surface area contributed by atoms with Gasteiger partial charge in [-0.05, 0) is 85.3 Å². The van der Waals surface area contributed by atoms with E-state index in [1.807, 2.05) is 45.0 Å². The number of carbonyl (C=O) groups excluding carboxylic acids is 1. The first kappa shape index (κ1) is 17.7. The molecule has 23 heavy (non-hydrogen) atoms. The number of carbonyl (C=O) groups is 1. The summed E-state index contributed by atoms with van der Waals surface area (Å²) in [6.45, 7) is 5.81. The van der Waals surface area contributed by atoms with Gasteiger partial charge in [-0.2, -0.15) is 0 Å². The second-order valence-corrected chi connectivity index (χ2v) is 7.42. The van der Waals surface area contributed by atoms with Crippen LogP contribution in [-0.4, -0.2) is 11.7 Å². The van der Waals surface area contributed by atoms with Gasteiger partial charge in [0.2, 0.25) is 0 Å². The van der Waals surface area contributed by atoms with Crippen molar-refractivity contribution < 1.29 is 13.9 Å². The van der Waals surface area contributed by atoms with Gasteiger partial charge in [-0.15, -0.1) is 0 Å². The Balaban J connectivity index is 2.28. The Morgan fingerprint density at radius 3 is 2.17 bits per heavy atom. The zero-order valence-electron chi connectivity index (χ0n) is 13.3. The predicted octanol–water partition coefficient (Wildman–Crippen LogP) is 5.37. The molecule has 3 nitrogen and oxygen atoms in total. The SMILES string of the molecule is CC(C)(C)OC(=O)N(Cc1ccc(I)cc1)c1ccc(F)cc1. The van der Waals surface area contributed by atoms with E-state index in [0.29, 0.717) is 12.2 Å². The average Bonchev–Trinajstić information content (AvgIpc) is 2.46. The van der Waals surface area contributed by atoms with Gasteiger partial charge < -0.3 is 4.74 Å². The van der Waals surface area contributed by atoms with Crippen molar-refractivity contribution in [2.75, 3.05) is 4.90 Å². The quantitative estimate of drug-likeness (QED) is 0.617. The van der Waals surface area contributed by atoms with E-state index < -0.39 is 11.7 Å². The molecule has 122 valence electrons. The molecule has 0 aliphatic heterocycles. The first-order valence-corrected chi connectivity index (χ1v) is 8.33. The number of benzene rings is 2. The van der Waals surface area contributed by atoms with Crippen molar-refractivity contribution in [2.24, 2.45) is 0 Å². The molecule has 0 aromatic heterocycles. The lowest BCUT2D eigenvalue weighted by atomic mass is 10.2. The number of halogens is 2. The standard InChI is InChI=1S/C18H19FINO2/c1-18(2,3)23-17(22)21(16-10-6-14(19)7-11-16)12-13-4-8-15(20)9-5-13/h4-11H,12H2,1-3H3. The van der Waals surface area contributed by atoms with Gasteiger partial charge in [0.25, 0.3) is 0 Å². The summed E-state index contributed by atoms with van der Waals surface area (Å²) in [5.74, 6) is -0.341. The molecule has 2 rings (SSSR count). The lowest BCUT2D eigenvalue weighted by Crippen LogP contribution is -2.36. The summed E-state index contributed by atoms with van der Waals surface area (Å²) in [6, 6.07) is 13.7. The van der Waals surface area contributed by atoms with E-state index in [1.54, 1.807) is 12.1 Å². The van der Waals surface area contributed by atoms with Crippen LogP contribution in [0.2, 0.25) is 0 Å². The van der Waals surface area contributed by atoms with E-state index in [9.17, 15) is 9.18 Å². The summed E-state index contributed by atoms with van der Waals surface area (Å²) in [7, 11) is 0. The third kappa shape index (κ3) is 5.49. The summed E-state index contributed by atoms with van der Waals surface area (Å²) in [4.78, 5) is 14.0. The second kappa shape index (κ2) is 7.29. The smallest absolute Gasteiger partial charge is 0.415 e. The molecule has 0 atom stereocenters. The number of ether oxygens (including phenoxy) is 1. The average molecular weight is 427 g/mol. The Hall–Kier alpha value is -1.63. The summed E-state index contributed by atoms with van der Waals surface area (Å²) >= 11 is 2.23. The molecule has 0 N–H and O–H groups in total. The van der Waals surface area contributed by atoms with E-state index in [2.05, 4.69) is 22.6 Å². The van der Waals surface area contributed by atoms with Gasteiger partial charge in [0.1, 0.15) is 11.4 Å². The maximum Gasteiger partial charge on any atom is 0.415 e. The molecular formula is C18H19FINO2. The van der Waals surface area contributed by atoms with Crippen LogP contribution in [0.3, 0.4) is 0 Å². The molecule has 0 saturated carbocycles. The van der Waals surface area contributed by atoms with Crippen LogP contribution < -0.4 is 4.90 Å². The molecule has 0 heterocycles. The molecule has 1 amide bonds. The lowest BCUT2D eigenvalue weighted by molar-refractivity contribution is 0.0577. The monoisotopic (exact) mass is 427 g/mol. The highest BCUT2D eigenvalue weighted by molar-refractivity contribution is 14.1. The zero-order valence-corrected chi connectivity index (χ0v) is 15.5. The van der Waals surface area contributed by atoms with Gasteiger partial charge in [-0.25, -0.2) is 9.18 Å². The molecule has 0 bridgehead atoms. The number of amides is 1. The topological polar surface area (TPSA) is 29.5 Å². The summed E-state index contributed by atoms with van der Waals surface area (Å²) < 4.78 is 19.8. The fourth-order valence-electron chi connectivity index (χ4n) is 1.97. The highest BCUT2D eigenvalue weighted by Crippen LogP contribution is 2.21. The summed E-state index contributed by atoms with van der Waals surface area (Å²) in [6.07, 6.45) is -0.456. The molecule has 2 aromatic carbocycles. The van der Waals surface area contributed by atoms with Crippen molar-refractivity contribution in [3.05, 3.63) is 63.5 Å². The molecule has 0 radical (unpaired) electrons. The Labute approximate surface area is 149 Å². The van der Waals surface area contributed by atoms with Crippen molar-refractivity contribution in [3.8, 4) is 0 Å². The van der Waals surface area contributed by atoms with E-state index in [-0.39, 0.29) is 5.82 Å². The van der Waals surface area contributed by atoms with Crippen LogP contribution in [0.15, 0.2) is 48.5 Å². The van der Waals surface area contributed by atoms with Crippen molar-refractivity contribution in [3.63, 3.8) is 0 Å². The lowest BCUT2D eigenvalue weighted by Gasteiger charge is -2.27. The van der Waals surface area contributed by atoms with Crippen LogP contribution >= 0.6 is 22.6 Å². The van der Waals surface area contributed by atoms with Gasteiger partial charge in [0.05, 0.1) is 6.54 Å². The maximum absolute atomic E-state index is 13.2. The van der Waals surface area contributed by atoms with Crippen molar-refractivity contribution in [1.82, 2.24) is 0 Å². The largest absolute Gasteiger partial charge is 0.443 e. The molecule has 0 spiro atoms. The summed E-state index contributed by atoms with van der Waals surface area (Å²) in [5.41, 5.74) is 0.973. The minimum Gasteiger partial charge on any atom is -0.443 e. The van der Waals surface area contributed by atoms with Crippen LogP contribution in [0.5, 0.6) is 0 Å². The van der Waals surface area contributed by atoms with E-state index in [1.165, 1.54) is 17.0 Å². The second-order valence-electron chi connectivity index (χ2n) is 6.17. The number of hydrogen-bond donors (Lipinski definition) is 0. The number of hydrogen-bond acceptors (Lipinski definition) is 2. The normalized spacial score (nSPS) is 11.2. The van der Waals surface area contributed by atoms with Gasteiger partial charge in [-0.3, -0.25) is 4.90 Å². The van der Waals surface area contributed by atoms with E-state index >= 15 is 0 Å². The highest BCUT2D eigenvalue weighted by atomic mass is 127. The minimum atomic E-state index is -0.596. The predicted molar refractivity (Wildman–Crippen MR) is 98.0 cm³/mol. The van der Waals surface area contributed by atoms with Crippen LogP contribution in [0.25, 0.3) is 0 Å². The first-order chi connectivity index (χ1) is 10.7. The van der Waals surface area contributed by atoms with Crippen LogP contribution in [0, 0.1) is 9.39 Å². The number of nitrogens with zero attached hydrogens (tertiary/aromatic N) is 1. The van der Waals surface area contributed by atoms with Crippen LogP contribution in [-0.2, 0) is 11.3 Å². The van der Waals surface area contributed by atoms with Gasteiger partial charge >= 0.3 is 6.09 Å². The molecule has 0 fully saturated rings. The fourth-order valence-corrected chi connectivity index (χ4v) is 2.33. The van der Waals surface area contributed by atoms with Crippen molar-refractivity contribution >= 4 is 34.4 Å². The van der Waals surface area contributed by atoms with Gasteiger partial charge in [0.15, 0.2) is 0 Å². The van der Waals surface area contributed by atoms with Crippen molar-refractivity contribution in [1.29, 1.82) is 0 Å². The van der Waals surface area contributed by atoms with Gasteiger partial charge in [-0.1, -0.05) is 12.1 Å². The first-order valence-electron chi connectivity index (χ1n) is 7.25.